The molecule has 16 heavy (non-hydrogen) atoms. The van der Waals surface area contributed by atoms with E-state index in [4.69, 9.17) is 10.4 Å². The lowest BCUT2D eigenvalue weighted by molar-refractivity contribution is -0.198. The lowest BCUT2D eigenvalue weighted by Crippen LogP contribution is -2.57. The summed E-state index contributed by atoms with van der Waals surface area (Å²) in [6, 6.07) is 0. The van der Waals surface area contributed by atoms with Gasteiger partial charge in [-0.25, -0.2) is 0 Å². The van der Waals surface area contributed by atoms with E-state index in [0.717, 1.165) is 12.8 Å². The minimum Gasteiger partial charge on any atom is -0.375 e. The summed E-state index contributed by atoms with van der Waals surface area (Å²) < 4.78 is 6.56. The minimum atomic E-state index is -0.123. The summed E-state index contributed by atoms with van der Waals surface area (Å²) in [4.78, 5) is 0. The standard InChI is InChI=1S/C13H25BNO/c1-11(2,3)12-7-4-5-9-13(14-15,16-12)10-6-8-12/h4-10,15H2,1-3H3. The Bertz CT molecular complexity index is 263. The van der Waals surface area contributed by atoms with Crippen molar-refractivity contribution in [3.05, 3.63) is 0 Å². The summed E-state index contributed by atoms with van der Waals surface area (Å²) in [5, 5.41) is 0. The third-order valence-corrected chi connectivity index (χ3v) is 4.68. The quantitative estimate of drug-likeness (QED) is 0.692. The second-order valence-electron chi connectivity index (χ2n) is 6.64. The fourth-order valence-electron chi connectivity index (χ4n) is 3.45. The van der Waals surface area contributed by atoms with Gasteiger partial charge in [0.05, 0.1) is 11.1 Å². The highest BCUT2D eigenvalue weighted by Gasteiger charge is 2.52. The largest absolute Gasteiger partial charge is 0.375 e. The Balaban J connectivity index is 2.31. The lowest BCUT2D eigenvalue weighted by atomic mass is 9.62. The lowest BCUT2D eigenvalue weighted by Gasteiger charge is -2.53. The van der Waals surface area contributed by atoms with Crippen LogP contribution < -0.4 is 5.64 Å². The molecule has 2 nitrogen and oxygen atoms in total. The highest BCUT2D eigenvalue weighted by atomic mass is 16.5. The van der Waals surface area contributed by atoms with Crippen molar-refractivity contribution < 1.29 is 4.74 Å². The van der Waals surface area contributed by atoms with E-state index in [0.29, 0.717) is 0 Å². The van der Waals surface area contributed by atoms with Gasteiger partial charge in [0.1, 0.15) is 0 Å². The molecule has 2 saturated heterocycles. The van der Waals surface area contributed by atoms with E-state index in [1.165, 1.54) is 32.1 Å². The highest BCUT2D eigenvalue weighted by Crippen LogP contribution is 2.51. The fraction of sp³-hybridized carbons (Fsp3) is 1.00. The molecule has 1 radical (unpaired) electrons. The van der Waals surface area contributed by atoms with Crippen molar-refractivity contribution in [3.63, 3.8) is 0 Å². The van der Waals surface area contributed by atoms with E-state index in [9.17, 15) is 0 Å². The number of hydrogen-bond acceptors (Lipinski definition) is 2. The molecule has 2 atom stereocenters. The zero-order chi connectivity index (χ0) is 11.9. The molecular weight excluding hydrogens is 197 g/mol. The molecule has 2 aliphatic rings. The predicted molar refractivity (Wildman–Crippen MR) is 68.3 cm³/mol. The first-order chi connectivity index (χ1) is 7.43. The number of fused-ring (bicyclic) bond motifs is 2. The molecule has 0 aliphatic carbocycles. The van der Waals surface area contributed by atoms with Crippen molar-refractivity contribution in [1.29, 1.82) is 0 Å². The minimum absolute atomic E-state index is 0.0532. The molecular formula is C13H25BNO. The SMILES string of the molecule is CC(C)(C)C12CCCCC([B]N)(CCC1)O2. The first-order valence-electron chi connectivity index (χ1n) is 6.69. The molecule has 2 unspecified atom stereocenters. The maximum Gasteiger partial charge on any atom is 0.243 e. The summed E-state index contributed by atoms with van der Waals surface area (Å²) >= 11 is 0. The monoisotopic (exact) mass is 222 g/mol. The molecule has 0 aromatic carbocycles. The van der Waals surface area contributed by atoms with Crippen LogP contribution in [0.3, 0.4) is 0 Å². The van der Waals surface area contributed by atoms with Crippen LogP contribution >= 0.6 is 0 Å². The van der Waals surface area contributed by atoms with Gasteiger partial charge in [-0.15, -0.1) is 0 Å². The molecule has 2 N–H and O–H groups in total. The Labute approximate surface area is 101 Å². The van der Waals surface area contributed by atoms with Gasteiger partial charge < -0.3 is 10.4 Å². The van der Waals surface area contributed by atoms with Crippen LogP contribution in [0.2, 0.25) is 0 Å². The van der Waals surface area contributed by atoms with Crippen LogP contribution in [0, 0.1) is 5.41 Å². The van der Waals surface area contributed by atoms with Crippen LogP contribution in [0.5, 0.6) is 0 Å². The van der Waals surface area contributed by atoms with Crippen molar-refractivity contribution in [3.8, 4) is 0 Å². The summed E-state index contributed by atoms with van der Waals surface area (Å²) in [5.74, 6) is 0. The molecule has 2 heterocycles. The number of ether oxygens (including phenoxy) is 1. The van der Waals surface area contributed by atoms with Crippen LogP contribution in [0.1, 0.15) is 65.7 Å². The van der Waals surface area contributed by atoms with Crippen molar-refractivity contribution in [2.45, 2.75) is 76.8 Å². The Morgan fingerprint density at radius 3 is 2.19 bits per heavy atom. The highest BCUT2D eigenvalue weighted by molar-refractivity contribution is 6.35. The molecule has 0 aromatic rings. The van der Waals surface area contributed by atoms with Crippen molar-refractivity contribution >= 4 is 7.41 Å². The van der Waals surface area contributed by atoms with Gasteiger partial charge in [0, 0.05) is 0 Å². The van der Waals surface area contributed by atoms with E-state index in [1.54, 1.807) is 0 Å². The zero-order valence-corrected chi connectivity index (χ0v) is 11.0. The molecule has 91 valence electrons. The molecule has 0 saturated carbocycles. The first kappa shape index (κ1) is 12.4. The molecule has 2 rings (SSSR count). The van der Waals surface area contributed by atoms with Gasteiger partial charge in [0.25, 0.3) is 0 Å². The Morgan fingerprint density at radius 1 is 1.00 bits per heavy atom. The van der Waals surface area contributed by atoms with Crippen LogP contribution in [-0.4, -0.2) is 18.5 Å². The van der Waals surface area contributed by atoms with Gasteiger partial charge in [0.2, 0.25) is 7.41 Å². The van der Waals surface area contributed by atoms with Crippen LogP contribution in [0.4, 0.5) is 0 Å². The van der Waals surface area contributed by atoms with Crippen molar-refractivity contribution in [2.75, 3.05) is 0 Å². The van der Waals surface area contributed by atoms with Gasteiger partial charge >= 0.3 is 0 Å². The Morgan fingerprint density at radius 2 is 1.56 bits per heavy atom. The first-order valence-corrected chi connectivity index (χ1v) is 6.69. The van der Waals surface area contributed by atoms with E-state index in [1.807, 2.05) is 7.41 Å². The van der Waals surface area contributed by atoms with Gasteiger partial charge in [-0.1, -0.05) is 33.6 Å². The average Bonchev–Trinajstić information content (AvgIpc) is 2.36. The van der Waals surface area contributed by atoms with E-state index in [-0.39, 0.29) is 16.5 Å². The molecule has 2 aliphatic heterocycles. The van der Waals surface area contributed by atoms with Gasteiger partial charge in [-0.3, -0.25) is 0 Å². The van der Waals surface area contributed by atoms with Crippen LogP contribution in [0.15, 0.2) is 0 Å². The van der Waals surface area contributed by atoms with Gasteiger partial charge in [0.15, 0.2) is 0 Å². The molecule has 2 fully saturated rings. The Kier molecular flexibility index (Phi) is 3.13. The molecule has 0 spiro atoms. The summed E-state index contributed by atoms with van der Waals surface area (Å²) in [6.07, 6.45) is 8.42. The van der Waals surface area contributed by atoms with Crippen LogP contribution in [0.25, 0.3) is 0 Å². The number of nitrogens with two attached hydrogens (primary N) is 1. The van der Waals surface area contributed by atoms with E-state index in [2.05, 4.69) is 20.8 Å². The molecule has 2 bridgehead atoms. The molecule has 0 aromatic heterocycles. The second kappa shape index (κ2) is 4.02. The zero-order valence-electron chi connectivity index (χ0n) is 11.0. The topological polar surface area (TPSA) is 35.2 Å². The summed E-state index contributed by atoms with van der Waals surface area (Å²) in [5.41, 5.74) is 6.01. The summed E-state index contributed by atoms with van der Waals surface area (Å²) in [6.45, 7) is 6.93. The number of hydrogen-bond donors (Lipinski definition) is 1. The predicted octanol–water partition coefficient (Wildman–Crippen LogP) is 2.82. The van der Waals surface area contributed by atoms with Crippen LogP contribution in [-0.2, 0) is 4.74 Å². The summed E-state index contributed by atoms with van der Waals surface area (Å²) in [7, 11) is 1.83. The second-order valence-corrected chi connectivity index (χ2v) is 6.64. The molecule has 0 amide bonds. The molecule has 3 heteroatoms. The van der Waals surface area contributed by atoms with E-state index >= 15 is 0 Å². The van der Waals surface area contributed by atoms with Crippen molar-refractivity contribution in [2.24, 2.45) is 11.1 Å². The van der Waals surface area contributed by atoms with E-state index < -0.39 is 0 Å². The normalized spacial score (nSPS) is 40.2. The smallest absolute Gasteiger partial charge is 0.243 e. The number of rotatable bonds is 1. The van der Waals surface area contributed by atoms with Gasteiger partial charge in [-0.2, -0.15) is 0 Å². The average molecular weight is 222 g/mol. The van der Waals surface area contributed by atoms with Gasteiger partial charge in [-0.05, 0) is 37.5 Å². The maximum absolute atomic E-state index is 6.56. The maximum atomic E-state index is 6.56. The fourth-order valence-corrected chi connectivity index (χ4v) is 3.45. The Hall–Kier alpha value is -0.0151. The third-order valence-electron chi connectivity index (χ3n) is 4.68. The van der Waals surface area contributed by atoms with Crippen molar-refractivity contribution in [1.82, 2.24) is 0 Å². The third kappa shape index (κ3) is 1.93.